The number of rotatable bonds is 6. The van der Waals surface area contributed by atoms with Gasteiger partial charge in [0.05, 0.1) is 12.2 Å². The number of piperidine rings is 2. The molecule has 1 saturated carbocycles. The zero-order chi connectivity index (χ0) is 27.6. The van der Waals surface area contributed by atoms with Crippen molar-refractivity contribution in [2.24, 2.45) is 0 Å². The summed E-state index contributed by atoms with van der Waals surface area (Å²) in [6, 6.07) is 8.46. The summed E-state index contributed by atoms with van der Waals surface area (Å²) >= 11 is 0. The second-order valence-electron chi connectivity index (χ2n) is 12.3. The molecule has 1 aromatic rings. The Morgan fingerprint density at radius 2 is 1.59 bits per heavy atom. The van der Waals surface area contributed by atoms with Gasteiger partial charge in [-0.2, -0.15) is 0 Å². The number of hydrogen-bond acceptors (Lipinski definition) is 8. The number of anilines is 2. The van der Waals surface area contributed by atoms with Gasteiger partial charge in [0.25, 0.3) is 0 Å². The first-order chi connectivity index (χ1) is 18.6. The van der Waals surface area contributed by atoms with E-state index in [2.05, 4.69) is 32.6 Å². The van der Waals surface area contributed by atoms with Crippen LogP contribution in [0.5, 0.6) is 0 Å². The summed E-state index contributed by atoms with van der Waals surface area (Å²) < 4.78 is 11.9. The molecule has 0 radical (unpaired) electrons. The molecule has 3 heterocycles. The van der Waals surface area contributed by atoms with Crippen LogP contribution in [0.15, 0.2) is 24.3 Å². The number of hydrogen-bond donors (Lipinski definition) is 2. The van der Waals surface area contributed by atoms with E-state index in [0.717, 1.165) is 57.5 Å². The van der Waals surface area contributed by atoms with Crippen molar-refractivity contribution in [1.29, 1.82) is 0 Å². The van der Waals surface area contributed by atoms with E-state index in [4.69, 9.17) is 9.47 Å². The topological polar surface area (TPSA) is 103 Å². The number of likely N-dealkylation sites (tertiary alicyclic amines) is 1. The van der Waals surface area contributed by atoms with Gasteiger partial charge in [-0.25, -0.2) is 4.79 Å². The zero-order valence-electron chi connectivity index (χ0n) is 23.5. The van der Waals surface area contributed by atoms with Crippen molar-refractivity contribution in [3.05, 3.63) is 24.3 Å². The highest BCUT2D eigenvalue weighted by Crippen LogP contribution is 2.32. The van der Waals surface area contributed by atoms with Crippen LogP contribution in [0.4, 0.5) is 16.2 Å². The number of amides is 3. The molecular formula is C29H43N5O5. The Morgan fingerprint density at radius 1 is 0.923 bits per heavy atom. The third kappa shape index (κ3) is 7.22. The predicted octanol–water partition coefficient (Wildman–Crippen LogP) is 2.97. The van der Waals surface area contributed by atoms with Crippen LogP contribution in [0.2, 0.25) is 0 Å². The number of piperazine rings is 1. The molecule has 0 unspecified atom stereocenters. The highest BCUT2D eigenvalue weighted by molar-refractivity contribution is 6.01. The lowest BCUT2D eigenvalue weighted by Crippen LogP contribution is -2.56. The maximum Gasteiger partial charge on any atom is 0.410 e. The standard InChI is InChI=1S/C29H43N5O5/c1-29(2,3)39-28(37)34-12-10-23(11-13-34)38-24-18-22(19-24)33-16-14-32(15-17-33)21-6-4-20(5-7-21)30-25-8-9-26(35)31-27(25)36/h4-7,22-25,30H,8-19H2,1-3H3,(H,31,35,36)/t22?,24?,25-/m1/s1. The second-order valence-corrected chi connectivity index (χ2v) is 12.3. The van der Waals surface area contributed by atoms with Crippen LogP contribution in [0, 0.1) is 0 Å². The van der Waals surface area contributed by atoms with Crippen LogP contribution in [-0.2, 0) is 19.1 Å². The fourth-order valence-electron chi connectivity index (χ4n) is 5.87. The number of nitrogens with one attached hydrogen (secondary N) is 2. The first-order valence-corrected chi connectivity index (χ1v) is 14.5. The highest BCUT2D eigenvalue weighted by Gasteiger charge is 2.38. The Labute approximate surface area is 231 Å². The van der Waals surface area contributed by atoms with Crippen molar-refractivity contribution in [3.8, 4) is 0 Å². The minimum Gasteiger partial charge on any atom is -0.444 e. The summed E-state index contributed by atoms with van der Waals surface area (Å²) in [6.07, 6.45) is 5.17. The van der Waals surface area contributed by atoms with E-state index in [1.165, 1.54) is 5.69 Å². The van der Waals surface area contributed by atoms with Crippen LogP contribution in [0.25, 0.3) is 0 Å². The van der Waals surface area contributed by atoms with E-state index in [1.807, 2.05) is 32.9 Å². The van der Waals surface area contributed by atoms with Crippen molar-refractivity contribution in [3.63, 3.8) is 0 Å². The molecule has 1 aromatic carbocycles. The minimum absolute atomic E-state index is 0.199. The SMILES string of the molecule is CC(C)(C)OC(=O)N1CCC(OC2CC(N3CCN(c4ccc(N[C@@H]5CCC(=O)NC5=O)cc4)CC3)C2)CC1. The van der Waals surface area contributed by atoms with Crippen LogP contribution < -0.4 is 15.5 Å². The number of carbonyl (C=O) groups excluding carboxylic acids is 3. The Kier molecular flexibility index (Phi) is 8.32. The first-order valence-electron chi connectivity index (χ1n) is 14.5. The summed E-state index contributed by atoms with van der Waals surface area (Å²) in [7, 11) is 0. The van der Waals surface area contributed by atoms with Crippen molar-refractivity contribution in [1.82, 2.24) is 15.1 Å². The molecule has 10 heteroatoms. The number of nitrogens with zero attached hydrogens (tertiary/aromatic N) is 3. The molecule has 3 saturated heterocycles. The normalized spacial score (nSPS) is 27.1. The highest BCUT2D eigenvalue weighted by atomic mass is 16.6. The van der Waals surface area contributed by atoms with E-state index in [1.54, 1.807) is 4.90 Å². The molecule has 5 rings (SSSR count). The van der Waals surface area contributed by atoms with Gasteiger partial charge in [0.1, 0.15) is 11.6 Å². The van der Waals surface area contributed by atoms with Crippen molar-refractivity contribution in [2.45, 2.75) is 89.2 Å². The lowest BCUT2D eigenvalue weighted by molar-refractivity contribution is -0.133. The fourth-order valence-corrected chi connectivity index (χ4v) is 5.87. The molecule has 0 spiro atoms. The van der Waals surface area contributed by atoms with Gasteiger partial charge in [0, 0.05) is 63.1 Å². The van der Waals surface area contributed by atoms with Crippen molar-refractivity contribution < 1.29 is 23.9 Å². The third-order valence-corrected chi connectivity index (χ3v) is 8.19. The Balaban J connectivity index is 0.985. The molecular weight excluding hydrogens is 498 g/mol. The monoisotopic (exact) mass is 541 g/mol. The molecule has 1 aliphatic carbocycles. The van der Waals surface area contributed by atoms with Gasteiger partial charge < -0.3 is 24.6 Å². The van der Waals surface area contributed by atoms with Crippen molar-refractivity contribution >= 4 is 29.3 Å². The van der Waals surface area contributed by atoms with Gasteiger partial charge in [0.2, 0.25) is 11.8 Å². The van der Waals surface area contributed by atoms with E-state index >= 15 is 0 Å². The lowest BCUT2D eigenvalue weighted by Gasteiger charge is -2.47. The maximum absolute atomic E-state index is 12.3. The van der Waals surface area contributed by atoms with Crippen molar-refractivity contribution in [2.75, 3.05) is 49.5 Å². The summed E-state index contributed by atoms with van der Waals surface area (Å²) in [5.41, 5.74) is 1.62. The molecule has 0 aromatic heterocycles. The van der Waals surface area contributed by atoms with Gasteiger partial charge in [-0.15, -0.1) is 0 Å². The van der Waals surface area contributed by atoms with E-state index in [-0.39, 0.29) is 30.1 Å². The van der Waals surface area contributed by atoms with E-state index in [9.17, 15) is 14.4 Å². The quantitative estimate of drug-likeness (QED) is 0.530. The van der Waals surface area contributed by atoms with Crippen LogP contribution in [-0.4, -0.2) is 96.9 Å². The van der Waals surface area contributed by atoms with Gasteiger partial charge in [-0.05, 0) is 77.1 Å². The molecule has 4 fully saturated rings. The molecule has 39 heavy (non-hydrogen) atoms. The van der Waals surface area contributed by atoms with Crippen LogP contribution in [0.1, 0.15) is 59.3 Å². The molecule has 10 nitrogen and oxygen atoms in total. The minimum atomic E-state index is -0.460. The summed E-state index contributed by atoms with van der Waals surface area (Å²) in [5.74, 6) is -0.450. The zero-order valence-corrected chi connectivity index (χ0v) is 23.5. The molecule has 214 valence electrons. The summed E-state index contributed by atoms with van der Waals surface area (Å²) in [4.78, 5) is 42.4. The average molecular weight is 542 g/mol. The van der Waals surface area contributed by atoms with Gasteiger partial charge >= 0.3 is 6.09 Å². The first kappa shape index (κ1) is 27.7. The summed E-state index contributed by atoms with van der Waals surface area (Å²) in [6.45, 7) is 11.2. The second kappa shape index (κ2) is 11.7. The third-order valence-electron chi connectivity index (χ3n) is 8.19. The number of ether oxygens (including phenoxy) is 2. The lowest BCUT2D eigenvalue weighted by atomic mass is 9.87. The molecule has 3 aliphatic heterocycles. The van der Waals surface area contributed by atoms with Crippen LogP contribution >= 0.6 is 0 Å². The fraction of sp³-hybridized carbons (Fsp3) is 0.690. The Morgan fingerprint density at radius 3 is 2.21 bits per heavy atom. The molecule has 3 amide bonds. The van der Waals surface area contributed by atoms with E-state index in [0.29, 0.717) is 38.1 Å². The van der Waals surface area contributed by atoms with Gasteiger partial charge in [0.15, 0.2) is 0 Å². The van der Waals surface area contributed by atoms with Gasteiger partial charge in [-0.1, -0.05) is 0 Å². The van der Waals surface area contributed by atoms with Crippen LogP contribution in [0.3, 0.4) is 0 Å². The Hall–Kier alpha value is -2.85. The molecule has 4 aliphatic rings. The number of carbonyl (C=O) groups is 3. The molecule has 1 atom stereocenters. The van der Waals surface area contributed by atoms with Gasteiger partial charge in [-0.3, -0.25) is 19.8 Å². The smallest absolute Gasteiger partial charge is 0.410 e. The average Bonchev–Trinajstić information content (AvgIpc) is 2.88. The maximum atomic E-state index is 12.3. The number of imide groups is 1. The largest absolute Gasteiger partial charge is 0.444 e. The predicted molar refractivity (Wildman–Crippen MR) is 149 cm³/mol. The van der Waals surface area contributed by atoms with E-state index < -0.39 is 5.60 Å². The number of benzene rings is 1. The molecule has 0 bridgehead atoms. The Bertz CT molecular complexity index is 1020. The molecule has 2 N–H and O–H groups in total. The summed E-state index contributed by atoms with van der Waals surface area (Å²) in [5, 5.41) is 5.63.